The summed E-state index contributed by atoms with van der Waals surface area (Å²) in [6.45, 7) is 0.428. The van der Waals surface area contributed by atoms with Crippen LogP contribution in [0.5, 0.6) is 5.88 Å². The second-order valence-electron chi connectivity index (χ2n) is 3.44. The number of nitrogen functional groups attached to an aromatic ring is 1. The summed E-state index contributed by atoms with van der Waals surface area (Å²) in [4.78, 5) is 11.4. The Kier molecular flexibility index (Phi) is 3.47. The number of nitrogens with zero attached hydrogens (tertiary/aromatic N) is 5. The fourth-order valence-corrected chi connectivity index (χ4v) is 1.56. The fourth-order valence-electron chi connectivity index (χ4n) is 1.40. The highest BCUT2D eigenvalue weighted by Crippen LogP contribution is 2.13. The Labute approximate surface area is 108 Å². The van der Waals surface area contributed by atoms with Crippen LogP contribution in [0.15, 0.2) is 6.07 Å². The summed E-state index contributed by atoms with van der Waals surface area (Å²) in [5.74, 6) is 1.04. The Morgan fingerprint density at radius 1 is 1.44 bits per heavy atom. The van der Waals surface area contributed by atoms with E-state index in [1.54, 1.807) is 24.9 Å². The van der Waals surface area contributed by atoms with Crippen LogP contribution in [-0.2, 0) is 13.6 Å². The van der Waals surface area contributed by atoms with Gasteiger partial charge in [0.1, 0.15) is 0 Å². The topological polar surface area (TPSA) is 104 Å². The summed E-state index contributed by atoms with van der Waals surface area (Å²) in [6.07, 6.45) is 0. The first kappa shape index (κ1) is 12.4. The minimum Gasteiger partial charge on any atom is -0.481 e. The number of rotatable bonds is 4. The van der Waals surface area contributed by atoms with Crippen molar-refractivity contribution in [3.63, 3.8) is 0 Å². The van der Waals surface area contributed by atoms with Gasteiger partial charge >= 0.3 is 0 Å². The van der Waals surface area contributed by atoms with Gasteiger partial charge in [-0.25, -0.2) is 4.68 Å². The van der Waals surface area contributed by atoms with Crippen LogP contribution in [0.2, 0.25) is 5.28 Å². The molecule has 0 bridgehead atoms. The molecule has 2 rings (SSSR count). The van der Waals surface area contributed by atoms with Gasteiger partial charge in [-0.15, -0.1) is 0 Å². The largest absolute Gasteiger partial charge is 0.481 e. The minimum absolute atomic E-state index is 0.0450. The van der Waals surface area contributed by atoms with E-state index < -0.39 is 0 Å². The van der Waals surface area contributed by atoms with Crippen LogP contribution in [-0.4, -0.2) is 31.8 Å². The van der Waals surface area contributed by atoms with E-state index in [2.05, 4.69) is 25.4 Å². The molecule has 0 aromatic carbocycles. The van der Waals surface area contributed by atoms with Gasteiger partial charge in [-0.05, 0) is 11.6 Å². The molecule has 2 aromatic rings. The average molecular weight is 270 g/mol. The number of aryl methyl sites for hydroxylation is 1. The molecule has 9 heteroatoms. The summed E-state index contributed by atoms with van der Waals surface area (Å²) in [7, 11) is 3.38. The van der Waals surface area contributed by atoms with Gasteiger partial charge in [0.15, 0.2) is 0 Å². The molecule has 0 amide bonds. The lowest BCUT2D eigenvalue weighted by Gasteiger charge is -2.02. The number of hydrogen-bond donors (Lipinski definition) is 2. The lowest BCUT2D eigenvalue weighted by molar-refractivity contribution is 0.373. The van der Waals surface area contributed by atoms with Crippen LogP contribution in [0.25, 0.3) is 0 Å². The third-order valence-electron chi connectivity index (χ3n) is 2.15. The second-order valence-corrected chi connectivity index (χ2v) is 3.78. The number of nitrogens with two attached hydrogens (primary N) is 1. The van der Waals surface area contributed by atoms with E-state index in [1.807, 2.05) is 0 Å². The van der Waals surface area contributed by atoms with Gasteiger partial charge in [0.05, 0.1) is 19.3 Å². The molecule has 0 aliphatic rings. The van der Waals surface area contributed by atoms with Crippen LogP contribution < -0.4 is 15.8 Å². The fraction of sp³-hybridized carbons (Fsp3) is 0.333. The maximum Gasteiger partial charge on any atom is 0.229 e. The highest BCUT2D eigenvalue weighted by atomic mass is 35.5. The lowest BCUT2D eigenvalue weighted by Crippen LogP contribution is -2.07. The summed E-state index contributed by atoms with van der Waals surface area (Å²) >= 11 is 5.66. The van der Waals surface area contributed by atoms with E-state index in [9.17, 15) is 0 Å². The zero-order valence-corrected chi connectivity index (χ0v) is 10.6. The van der Waals surface area contributed by atoms with Gasteiger partial charge in [-0.1, -0.05) is 0 Å². The van der Waals surface area contributed by atoms with Crippen LogP contribution in [0.3, 0.4) is 0 Å². The van der Waals surface area contributed by atoms with Crippen LogP contribution in [0, 0.1) is 0 Å². The number of methoxy groups -OCH3 is 1. The van der Waals surface area contributed by atoms with Gasteiger partial charge in [0.2, 0.25) is 23.1 Å². The number of aromatic nitrogens is 5. The maximum absolute atomic E-state index is 5.66. The molecule has 2 aromatic heterocycles. The van der Waals surface area contributed by atoms with Crippen molar-refractivity contribution in [3.05, 3.63) is 17.0 Å². The Balaban J connectivity index is 2.06. The van der Waals surface area contributed by atoms with E-state index >= 15 is 0 Å². The summed E-state index contributed by atoms with van der Waals surface area (Å²) in [6, 6.07) is 1.80. The Morgan fingerprint density at radius 3 is 2.83 bits per heavy atom. The summed E-state index contributed by atoms with van der Waals surface area (Å²) in [5.41, 5.74) is 6.23. The second kappa shape index (κ2) is 5.05. The third kappa shape index (κ3) is 2.77. The smallest absolute Gasteiger partial charge is 0.229 e. The normalized spacial score (nSPS) is 10.4. The van der Waals surface area contributed by atoms with Crippen molar-refractivity contribution in [2.45, 2.75) is 6.54 Å². The maximum atomic E-state index is 5.66. The van der Waals surface area contributed by atoms with Crippen molar-refractivity contribution < 1.29 is 4.74 Å². The first-order valence-corrected chi connectivity index (χ1v) is 5.44. The van der Waals surface area contributed by atoms with Crippen molar-refractivity contribution in [1.82, 2.24) is 24.7 Å². The zero-order valence-electron chi connectivity index (χ0n) is 9.88. The number of anilines is 2. The van der Waals surface area contributed by atoms with E-state index in [0.29, 0.717) is 18.4 Å². The van der Waals surface area contributed by atoms with Crippen LogP contribution in [0.4, 0.5) is 11.9 Å². The number of nitrogens with one attached hydrogen (secondary N) is 1. The lowest BCUT2D eigenvalue weighted by atomic mass is 10.4. The molecular formula is C9H12ClN7O. The Hall–Kier alpha value is -2.09. The number of hydrogen-bond acceptors (Lipinski definition) is 7. The minimum atomic E-state index is 0.0450. The molecule has 18 heavy (non-hydrogen) atoms. The van der Waals surface area contributed by atoms with E-state index in [-0.39, 0.29) is 11.2 Å². The molecule has 0 aliphatic heterocycles. The molecule has 0 radical (unpaired) electrons. The molecule has 2 heterocycles. The van der Waals surface area contributed by atoms with Gasteiger partial charge in [0.25, 0.3) is 0 Å². The van der Waals surface area contributed by atoms with Crippen molar-refractivity contribution in [2.75, 3.05) is 18.2 Å². The molecule has 0 fully saturated rings. The molecule has 0 aliphatic carbocycles. The molecule has 0 spiro atoms. The van der Waals surface area contributed by atoms with Crippen molar-refractivity contribution in [1.29, 1.82) is 0 Å². The van der Waals surface area contributed by atoms with Crippen molar-refractivity contribution in [3.8, 4) is 5.88 Å². The molecule has 0 unspecified atom stereocenters. The molecule has 0 saturated carbocycles. The van der Waals surface area contributed by atoms with Gasteiger partial charge in [-0.3, -0.25) is 0 Å². The molecule has 0 saturated heterocycles. The monoisotopic (exact) mass is 269 g/mol. The summed E-state index contributed by atoms with van der Waals surface area (Å²) in [5, 5.41) is 7.23. The SMILES string of the molecule is COc1cc(CNc2nc(N)nc(Cl)n2)nn1C. The summed E-state index contributed by atoms with van der Waals surface area (Å²) < 4.78 is 6.74. The molecular weight excluding hydrogens is 258 g/mol. The average Bonchev–Trinajstić information content (AvgIpc) is 2.66. The standard InChI is InChI=1S/C9H12ClN7O/c1-17-6(18-2)3-5(16-17)4-12-9-14-7(10)13-8(11)15-9/h3H,4H2,1-2H3,(H3,11,12,13,14,15). The Morgan fingerprint density at radius 2 is 2.22 bits per heavy atom. The van der Waals surface area contributed by atoms with E-state index in [4.69, 9.17) is 22.1 Å². The predicted molar refractivity (Wildman–Crippen MR) is 66.3 cm³/mol. The van der Waals surface area contributed by atoms with E-state index in [1.165, 1.54) is 0 Å². The first-order valence-electron chi connectivity index (χ1n) is 5.06. The Bertz CT molecular complexity index is 536. The van der Waals surface area contributed by atoms with E-state index in [0.717, 1.165) is 5.69 Å². The molecule has 8 nitrogen and oxygen atoms in total. The zero-order chi connectivity index (χ0) is 13.1. The quantitative estimate of drug-likeness (QED) is 0.831. The predicted octanol–water partition coefficient (Wildman–Crippen LogP) is 0.461. The van der Waals surface area contributed by atoms with Gasteiger partial charge < -0.3 is 15.8 Å². The molecule has 3 N–H and O–H groups in total. The van der Waals surface area contributed by atoms with Gasteiger partial charge in [0, 0.05) is 13.1 Å². The molecule has 0 atom stereocenters. The van der Waals surface area contributed by atoms with Crippen molar-refractivity contribution >= 4 is 23.5 Å². The highest BCUT2D eigenvalue weighted by molar-refractivity contribution is 6.28. The van der Waals surface area contributed by atoms with Crippen LogP contribution >= 0.6 is 11.6 Å². The molecule has 96 valence electrons. The van der Waals surface area contributed by atoms with Crippen LogP contribution in [0.1, 0.15) is 5.69 Å². The highest BCUT2D eigenvalue weighted by Gasteiger charge is 2.06. The third-order valence-corrected chi connectivity index (χ3v) is 2.32. The van der Waals surface area contributed by atoms with Gasteiger partial charge in [-0.2, -0.15) is 20.1 Å². The first-order chi connectivity index (χ1) is 8.58. The number of halogens is 1. The number of ether oxygens (including phenoxy) is 1. The van der Waals surface area contributed by atoms with Crippen molar-refractivity contribution in [2.24, 2.45) is 7.05 Å².